The van der Waals surface area contributed by atoms with E-state index in [9.17, 15) is 0 Å². The summed E-state index contributed by atoms with van der Waals surface area (Å²) in [5.74, 6) is 0. The minimum absolute atomic E-state index is 0.0925. The number of thiazole rings is 1. The molecule has 0 radical (unpaired) electrons. The summed E-state index contributed by atoms with van der Waals surface area (Å²) >= 11 is 1.74. The second-order valence-electron chi connectivity index (χ2n) is 5.65. The minimum Gasteiger partial charge on any atom is -0.371 e. The molecule has 0 bridgehead atoms. The lowest BCUT2D eigenvalue weighted by molar-refractivity contribution is -0.0780. The van der Waals surface area contributed by atoms with Gasteiger partial charge in [-0.1, -0.05) is 30.3 Å². The SMILES string of the molecule is CNC(Cc1csc(C2(OC)CCC2)n1)c1ccccc1. The van der Waals surface area contributed by atoms with Crippen molar-refractivity contribution in [3.8, 4) is 0 Å². The van der Waals surface area contributed by atoms with E-state index in [2.05, 4.69) is 41.0 Å². The van der Waals surface area contributed by atoms with Crippen LogP contribution in [0.1, 0.15) is 41.6 Å². The van der Waals surface area contributed by atoms with Crippen LogP contribution >= 0.6 is 11.3 Å². The Hall–Kier alpha value is -1.23. The standard InChI is InChI=1S/C17H22N2OS/c1-18-15(13-7-4-3-5-8-13)11-14-12-21-16(19-14)17(20-2)9-6-10-17/h3-5,7-8,12,15,18H,6,9-11H2,1-2H3. The van der Waals surface area contributed by atoms with Crippen molar-refractivity contribution >= 4 is 11.3 Å². The number of benzene rings is 1. The zero-order valence-electron chi connectivity index (χ0n) is 12.6. The van der Waals surface area contributed by atoms with Gasteiger partial charge in [0.2, 0.25) is 0 Å². The lowest BCUT2D eigenvalue weighted by atomic mass is 9.80. The summed E-state index contributed by atoms with van der Waals surface area (Å²) in [5, 5.41) is 6.72. The summed E-state index contributed by atoms with van der Waals surface area (Å²) in [6.45, 7) is 0. The van der Waals surface area contributed by atoms with Crippen LogP contribution in [0.15, 0.2) is 35.7 Å². The zero-order chi connectivity index (χ0) is 14.7. The number of nitrogens with one attached hydrogen (secondary N) is 1. The Morgan fingerprint density at radius 1 is 1.33 bits per heavy atom. The largest absolute Gasteiger partial charge is 0.371 e. The molecule has 1 heterocycles. The van der Waals surface area contributed by atoms with Crippen molar-refractivity contribution in [3.05, 3.63) is 52.0 Å². The van der Waals surface area contributed by atoms with Crippen molar-refractivity contribution in [3.63, 3.8) is 0 Å². The summed E-state index contributed by atoms with van der Waals surface area (Å²) in [6, 6.07) is 10.9. The Morgan fingerprint density at radius 2 is 2.10 bits per heavy atom. The number of nitrogens with zero attached hydrogens (tertiary/aromatic N) is 1. The van der Waals surface area contributed by atoms with Crippen LogP contribution in [0.2, 0.25) is 0 Å². The van der Waals surface area contributed by atoms with Gasteiger partial charge >= 0.3 is 0 Å². The molecule has 0 saturated heterocycles. The topological polar surface area (TPSA) is 34.1 Å². The quantitative estimate of drug-likeness (QED) is 0.884. The van der Waals surface area contributed by atoms with E-state index < -0.39 is 0 Å². The molecule has 1 aliphatic carbocycles. The van der Waals surface area contributed by atoms with Crippen molar-refractivity contribution < 1.29 is 4.74 Å². The van der Waals surface area contributed by atoms with E-state index in [1.165, 1.54) is 12.0 Å². The highest BCUT2D eigenvalue weighted by Gasteiger charge is 2.41. The molecule has 1 N–H and O–H groups in total. The maximum Gasteiger partial charge on any atom is 0.125 e. The van der Waals surface area contributed by atoms with E-state index in [-0.39, 0.29) is 5.60 Å². The normalized spacial score (nSPS) is 18.2. The highest BCUT2D eigenvalue weighted by atomic mass is 32.1. The zero-order valence-corrected chi connectivity index (χ0v) is 13.5. The highest BCUT2D eigenvalue weighted by molar-refractivity contribution is 7.09. The summed E-state index contributed by atoms with van der Waals surface area (Å²) < 4.78 is 5.72. The van der Waals surface area contributed by atoms with Crippen LogP contribution in [-0.2, 0) is 16.8 Å². The molecular weight excluding hydrogens is 280 g/mol. The van der Waals surface area contributed by atoms with E-state index in [1.807, 2.05) is 7.05 Å². The van der Waals surface area contributed by atoms with Crippen molar-refractivity contribution in [2.75, 3.05) is 14.2 Å². The number of hydrogen-bond donors (Lipinski definition) is 1. The molecule has 0 amide bonds. The van der Waals surface area contributed by atoms with Gasteiger partial charge in [0.15, 0.2) is 0 Å². The molecule has 3 nitrogen and oxygen atoms in total. The highest BCUT2D eigenvalue weighted by Crippen LogP contribution is 2.45. The van der Waals surface area contributed by atoms with Gasteiger partial charge in [0, 0.05) is 25.0 Å². The lowest BCUT2D eigenvalue weighted by Gasteiger charge is -2.38. The van der Waals surface area contributed by atoms with Crippen molar-refractivity contribution in [2.45, 2.75) is 37.3 Å². The molecule has 1 atom stereocenters. The predicted molar refractivity (Wildman–Crippen MR) is 86.6 cm³/mol. The molecule has 0 aliphatic heterocycles. The molecule has 112 valence electrons. The monoisotopic (exact) mass is 302 g/mol. The fourth-order valence-electron chi connectivity index (χ4n) is 2.89. The molecule has 21 heavy (non-hydrogen) atoms. The first-order chi connectivity index (χ1) is 10.3. The summed E-state index contributed by atoms with van der Waals surface area (Å²) in [5.41, 5.74) is 2.37. The van der Waals surface area contributed by atoms with E-state index >= 15 is 0 Å². The van der Waals surface area contributed by atoms with Gasteiger partial charge in [-0.15, -0.1) is 11.3 Å². The van der Waals surface area contributed by atoms with Gasteiger partial charge < -0.3 is 10.1 Å². The maximum atomic E-state index is 5.72. The second-order valence-corrected chi connectivity index (χ2v) is 6.51. The molecular formula is C17H22N2OS. The molecule has 1 fully saturated rings. The van der Waals surface area contributed by atoms with Gasteiger partial charge in [-0.3, -0.25) is 0 Å². The number of ether oxygens (including phenoxy) is 1. The third-order valence-corrected chi connectivity index (χ3v) is 5.53. The summed E-state index contributed by atoms with van der Waals surface area (Å²) in [7, 11) is 3.81. The molecule has 0 spiro atoms. The van der Waals surface area contributed by atoms with E-state index in [0.717, 1.165) is 30.0 Å². The average Bonchev–Trinajstić information content (AvgIpc) is 2.94. The molecule has 1 aromatic carbocycles. The van der Waals surface area contributed by atoms with Crippen LogP contribution in [0.5, 0.6) is 0 Å². The smallest absolute Gasteiger partial charge is 0.125 e. The molecule has 4 heteroatoms. The van der Waals surface area contributed by atoms with Crippen LogP contribution in [0.4, 0.5) is 0 Å². The molecule has 1 aliphatic rings. The van der Waals surface area contributed by atoms with Crippen LogP contribution in [0.3, 0.4) is 0 Å². The van der Waals surface area contributed by atoms with Crippen LogP contribution < -0.4 is 5.32 Å². The lowest BCUT2D eigenvalue weighted by Crippen LogP contribution is -2.36. The van der Waals surface area contributed by atoms with Gasteiger partial charge in [-0.25, -0.2) is 4.98 Å². The van der Waals surface area contributed by atoms with Gasteiger partial charge in [0.05, 0.1) is 5.69 Å². The van der Waals surface area contributed by atoms with Crippen LogP contribution in [-0.4, -0.2) is 19.1 Å². The van der Waals surface area contributed by atoms with Crippen LogP contribution in [0, 0.1) is 0 Å². The first-order valence-corrected chi connectivity index (χ1v) is 8.37. The number of rotatable bonds is 6. The van der Waals surface area contributed by atoms with Gasteiger partial charge in [0.25, 0.3) is 0 Å². The third kappa shape index (κ3) is 2.89. The number of methoxy groups -OCH3 is 1. The first kappa shape index (κ1) is 14.7. The molecule has 1 aromatic heterocycles. The Morgan fingerprint density at radius 3 is 2.67 bits per heavy atom. The van der Waals surface area contributed by atoms with Gasteiger partial charge in [-0.2, -0.15) is 0 Å². The third-order valence-electron chi connectivity index (χ3n) is 4.46. The summed E-state index contributed by atoms with van der Waals surface area (Å²) in [4.78, 5) is 4.84. The molecule has 1 unspecified atom stereocenters. The first-order valence-electron chi connectivity index (χ1n) is 7.50. The van der Waals surface area contributed by atoms with E-state index in [0.29, 0.717) is 6.04 Å². The fourth-order valence-corrected chi connectivity index (χ4v) is 3.96. The maximum absolute atomic E-state index is 5.72. The Labute approximate surface area is 130 Å². The predicted octanol–water partition coefficient (Wildman–Crippen LogP) is 3.67. The van der Waals surface area contributed by atoms with Gasteiger partial charge in [-0.05, 0) is 31.9 Å². The second kappa shape index (κ2) is 6.26. The molecule has 2 aromatic rings. The van der Waals surface area contributed by atoms with E-state index in [4.69, 9.17) is 9.72 Å². The molecule has 1 saturated carbocycles. The number of aromatic nitrogens is 1. The van der Waals surface area contributed by atoms with Gasteiger partial charge in [0.1, 0.15) is 10.6 Å². The van der Waals surface area contributed by atoms with Crippen molar-refractivity contribution in [1.29, 1.82) is 0 Å². The van der Waals surface area contributed by atoms with Crippen molar-refractivity contribution in [2.24, 2.45) is 0 Å². The average molecular weight is 302 g/mol. The Kier molecular flexibility index (Phi) is 4.38. The van der Waals surface area contributed by atoms with Crippen LogP contribution in [0.25, 0.3) is 0 Å². The number of hydrogen-bond acceptors (Lipinski definition) is 4. The number of likely N-dealkylation sites (N-methyl/N-ethyl adjacent to an activating group) is 1. The van der Waals surface area contributed by atoms with E-state index in [1.54, 1.807) is 18.4 Å². The molecule has 3 rings (SSSR count). The minimum atomic E-state index is -0.0925. The summed E-state index contributed by atoms with van der Waals surface area (Å²) in [6.07, 6.45) is 4.36. The Bertz CT molecular complexity index is 572. The fraction of sp³-hybridized carbons (Fsp3) is 0.471. The van der Waals surface area contributed by atoms with Crippen molar-refractivity contribution in [1.82, 2.24) is 10.3 Å². The Balaban J connectivity index is 1.74.